The molecular formula is C9H12N4O. The highest BCUT2D eigenvalue weighted by Gasteiger charge is 2.18. The SMILES string of the molecule is CC(C)(C)n1[nH]c2cncnc2c1=O. The van der Waals surface area contributed by atoms with Crippen molar-refractivity contribution in [1.82, 2.24) is 19.7 Å². The Balaban J connectivity index is 2.82. The summed E-state index contributed by atoms with van der Waals surface area (Å²) in [7, 11) is 0. The maximum atomic E-state index is 11.8. The van der Waals surface area contributed by atoms with Crippen LogP contribution in [0.4, 0.5) is 0 Å². The first-order valence-electron chi connectivity index (χ1n) is 4.41. The Hall–Kier alpha value is -1.65. The Bertz CT molecular complexity index is 517. The number of rotatable bonds is 0. The number of nitrogens with zero attached hydrogens (tertiary/aromatic N) is 3. The largest absolute Gasteiger partial charge is 0.293 e. The molecule has 2 heterocycles. The van der Waals surface area contributed by atoms with E-state index < -0.39 is 0 Å². The Labute approximate surface area is 80.8 Å². The first kappa shape index (κ1) is 8.93. The van der Waals surface area contributed by atoms with Gasteiger partial charge < -0.3 is 0 Å². The highest BCUT2D eigenvalue weighted by molar-refractivity contribution is 5.71. The predicted octanol–water partition coefficient (Wildman–Crippen LogP) is 0.875. The molecule has 2 rings (SSSR count). The third kappa shape index (κ3) is 1.21. The highest BCUT2D eigenvalue weighted by atomic mass is 16.1. The normalized spacial score (nSPS) is 12.2. The third-order valence-electron chi connectivity index (χ3n) is 2.02. The molecule has 74 valence electrons. The molecule has 0 aliphatic heterocycles. The van der Waals surface area contributed by atoms with Gasteiger partial charge in [0.05, 0.1) is 11.7 Å². The molecule has 2 aromatic heterocycles. The molecular weight excluding hydrogens is 180 g/mol. The fourth-order valence-corrected chi connectivity index (χ4v) is 1.33. The molecule has 0 aliphatic rings. The Morgan fingerprint density at radius 3 is 2.71 bits per heavy atom. The first-order valence-corrected chi connectivity index (χ1v) is 4.41. The molecule has 0 spiro atoms. The van der Waals surface area contributed by atoms with Gasteiger partial charge in [0, 0.05) is 0 Å². The van der Waals surface area contributed by atoms with Crippen LogP contribution in [-0.4, -0.2) is 19.7 Å². The minimum Gasteiger partial charge on any atom is -0.291 e. The lowest BCUT2D eigenvalue weighted by Crippen LogP contribution is -2.32. The summed E-state index contributed by atoms with van der Waals surface area (Å²) in [5.41, 5.74) is 0.745. The van der Waals surface area contributed by atoms with Crippen LogP contribution in [0.3, 0.4) is 0 Å². The average molecular weight is 192 g/mol. The van der Waals surface area contributed by atoms with Crippen LogP contribution in [0.25, 0.3) is 11.0 Å². The summed E-state index contributed by atoms with van der Waals surface area (Å²) in [5, 5.41) is 2.98. The van der Waals surface area contributed by atoms with Gasteiger partial charge in [-0.05, 0) is 20.8 Å². The first-order chi connectivity index (χ1) is 6.50. The van der Waals surface area contributed by atoms with E-state index in [1.165, 1.54) is 6.33 Å². The predicted molar refractivity (Wildman–Crippen MR) is 53.1 cm³/mol. The second-order valence-electron chi connectivity index (χ2n) is 4.21. The van der Waals surface area contributed by atoms with E-state index in [1.54, 1.807) is 10.9 Å². The van der Waals surface area contributed by atoms with Crippen molar-refractivity contribution in [2.75, 3.05) is 0 Å². The maximum Gasteiger partial charge on any atom is 0.293 e. The van der Waals surface area contributed by atoms with E-state index in [1.807, 2.05) is 20.8 Å². The molecule has 0 fully saturated rings. The smallest absolute Gasteiger partial charge is 0.291 e. The second kappa shape index (κ2) is 2.67. The monoisotopic (exact) mass is 192 g/mol. The molecule has 0 aliphatic carbocycles. The third-order valence-corrected chi connectivity index (χ3v) is 2.02. The number of aromatic amines is 1. The average Bonchev–Trinajstić information content (AvgIpc) is 2.44. The van der Waals surface area contributed by atoms with Gasteiger partial charge in [0.1, 0.15) is 11.8 Å². The van der Waals surface area contributed by atoms with E-state index in [2.05, 4.69) is 15.1 Å². The van der Waals surface area contributed by atoms with Crippen LogP contribution in [-0.2, 0) is 5.54 Å². The van der Waals surface area contributed by atoms with Gasteiger partial charge in [0.15, 0.2) is 5.52 Å². The number of H-pyrrole nitrogens is 1. The fraction of sp³-hybridized carbons (Fsp3) is 0.444. The van der Waals surface area contributed by atoms with E-state index in [0.29, 0.717) is 11.0 Å². The summed E-state index contributed by atoms with van der Waals surface area (Å²) in [4.78, 5) is 19.6. The molecule has 5 heteroatoms. The number of fused-ring (bicyclic) bond motifs is 1. The molecule has 5 nitrogen and oxygen atoms in total. The van der Waals surface area contributed by atoms with Crippen molar-refractivity contribution in [1.29, 1.82) is 0 Å². The summed E-state index contributed by atoms with van der Waals surface area (Å²) in [6.07, 6.45) is 2.98. The highest BCUT2D eigenvalue weighted by Crippen LogP contribution is 2.11. The molecule has 1 N–H and O–H groups in total. The van der Waals surface area contributed by atoms with Crippen LogP contribution in [0.5, 0.6) is 0 Å². The maximum absolute atomic E-state index is 11.8. The summed E-state index contributed by atoms with van der Waals surface area (Å²) in [6.45, 7) is 5.87. The minimum atomic E-state index is -0.266. The van der Waals surface area contributed by atoms with Gasteiger partial charge in [-0.15, -0.1) is 0 Å². The summed E-state index contributed by atoms with van der Waals surface area (Å²) in [6, 6.07) is 0. The number of aromatic nitrogens is 4. The van der Waals surface area contributed by atoms with Crippen molar-refractivity contribution in [3.05, 3.63) is 22.9 Å². The van der Waals surface area contributed by atoms with Crippen molar-refractivity contribution in [2.45, 2.75) is 26.3 Å². The lowest BCUT2D eigenvalue weighted by molar-refractivity contribution is 0.348. The van der Waals surface area contributed by atoms with Crippen LogP contribution >= 0.6 is 0 Å². The zero-order valence-corrected chi connectivity index (χ0v) is 8.40. The van der Waals surface area contributed by atoms with Crippen LogP contribution < -0.4 is 5.56 Å². The molecule has 0 amide bonds. The summed E-state index contributed by atoms with van der Waals surface area (Å²) < 4.78 is 1.56. The Morgan fingerprint density at radius 2 is 2.14 bits per heavy atom. The van der Waals surface area contributed by atoms with E-state index in [9.17, 15) is 4.79 Å². The second-order valence-corrected chi connectivity index (χ2v) is 4.21. The Morgan fingerprint density at radius 1 is 1.43 bits per heavy atom. The number of nitrogens with one attached hydrogen (secondary N) is 1. The minimum absolute atomic E-state index is 0.102. The van der Waals surface area contributed by atoms with Gasteiger partial charge in [0.2, 0.25) is 0 Å². The van der Waals surface area contributed by atoms with Gasteiger partial charge in [-0.2, -0.15) is 0 Å². The van der Waals surface area contributed by atoms with Gasteiger partial charge in [-0.1, -0.05) is 0 Å². The van der Waals surface area contributed by atoms with Crippen molar-refractivity contribution in [3.63, 3.8) is 0 Å². The fourth-order valence-electron chi connectivity index (χ4n) is 1.33. The van der Waals surface area contributed by atoms with Crippen molar-refractivity contribution in [3.8, 4) is 0 Å². The van der Waals surface area contributed by atoms with E-state index in [4.69, 9.17) is 0 Å². The lowest BCUT2D eigenvalue weighted by Gasteiger charge is -2.18. The number of hydrogen-bond acceptors (Lipinski definition) is 3. The quantitative estimate of drug-likeness (QED) is 0.673. The Kier molecular flexibility index (Phi) is 1.70. The topological polar surface area (TPSA) is 63.6 Å². The molecule has 14 heavy (non-hydrogen) atoms. The standard InChI is InChI=1S/C9H12N4O/c1-9(2,3)13-8(14)7-6(12-13)4-10-5-11-7/h4-5,12H,1-3H3. The van der Waals surface area contributed by atoms with Crippen LogP contribution in [0.2, 0.25) is 0 Å². The van der Waals surface area contributed by atoms with Gasteiger partial charge in [-0.3, -0.25) is 9.89 Å². The van der Waals surface area contributed by atoms with E-state index in [-0.39, 0.29) is 11.1 Å². The van der Waals surface area contributed by atoms with Gasteiger partial charge >= 0.3 is 0 Å². The van der Waals surface area contributed by atoms with E-state index >= 15 is 0 Å². The molecule has 0 radical (unpaired) electrons. The zero-order chi connectivity index (χ0) is 10.3. The zero-order valence-electron chi connectivity index (χ0n) is 8.40. The lowest BCUT2D eigenvalue weighted by atomic mass is 10.1. The van der Waals surface area contributed by atoms with E-state index in [0.717, 1.165) is 0 Å². The van der Waals surface area contributed by atoms with Crippen molar-refractivity contribution in [2.24, 2.45) is 0 Å². The molecule has 0 aromatic carbocycles. The molecule has 0 saturated carbocycles. The van der Waals surface area contributed by atoms with Crippen molar-refractivity contribution >= 4 is 11.0 Å². The summed E-state index contributed by atoms with van der Waals surface area (Å²) in [5.74, 6) is 0. The van der Waals surface area contributed by atoms with Gasteiger partial charge in [0.25, 0.3) is 5.56 Å². The van der Waals surface area contributed by atoms with Crippen LogP contribution in [0, 0.1) is 0 Å². The van der Waals surface area contributed by atoms with Gasteiger partial charge in [-0.25, -0.2) is 14.6 Å². The molecule has 0 atom stereocenters. The molecule has 0 bridgehead atoms. The molecule has 2 aromatic rings. The molecule has 0 unspecified atom stereocenters. The number of hydrogen-bond donors (Lipinski definition) is 1. The van der Waals surface area contributed by atoms with Crippen LogP contribution in [0.1, 0.15) is 20.8 Å². The van der Waals surface area contributed by atoms with Crippen LogP contribution in [0.15, 0.2) is 17.3 Å². The van der Waals surface area contributed by atoms with Crippen molar-refractivity contribution < 1.29 is 0 Å². The molecule has 0 saturated heterocycles. The summed E-state index contributed by atoms with van der Waals surface area (Å²) >= 11 is 0.